The van der Waals surface area contributed by atoms with Crippen molar-refractivity contribution in [1.29, 1.82) is 0 Å². The summed E-state index contributed by atoms with van der Waals surface area (Å²) in [5, 5.41) is 0. The van der Waals surface area contributed by atoms with Gasteiger partial charge in [0, 0.05) is 0 Å². The summed E-state index contributed by atoms with van der Waals surface area (Å²) >= 11 is -3.22. The van der Waals surface area contributed by atoms with Gasteiger partial charge in [0.05, 0.1) is 0 Å². The van der Waals surface area contributed by atoms with E-state index in [0.29, 0.717) is 0 Å². The van der Waals surface area contributed by atoms with Crippen LogP contribution < -0.4 is 24.8 Å². The second kappa shape index (κ2) is 16.5. The van der Waals surface area contributed by atoms with Gasteiger partial charge in [0.2, 0.25) is 0 Å². The van der Waals surface area contributed by atoms with E-state index in [1.165, 1.54) is 104 Å². The van der Waals surface area contributed by atoms with Gasteiger partial charge in [-0.2, -0.15) is 0 Å². The fourth-order valence-corrected chi connectivity index (χ4v) is 34.7. The van der Waals surface area contributed by atoms with E-state index in [-0.39, 0.29) is 35.6 Å². The molecule has 3 fully saturated rings. The molecule has 2 unspecified atom stereocenters. The van der Waals surface area contributed by atoms with E-state index >= 15 is 0 Å². The molecule has 0 radical (unpaired) electrons. The van der Waals surface area contributed by atoms with Crippen molar-refractivity contribution in [3.8, 4) is 22.3 Å². The predicted octanol–water partition coefficient (Wildman–Crippen LogP) is 9.75. The van der Waals surface area contributed by atoms with Gasteiger partial charge in [0.15, 0.2) is 0 Å². The number of fused-ring (bicyclic) bond motifs is 2. The predicted molar refractivity (Wildman–Crippen MR) is 230 cm³/mol. The van der Waals surface area contributed by atoms with E-state index in [1.54, 1.807) is 30.6 Å². The Hall–Kier alpha value is -2.19. The van der Waals surface area contributed by atoms with Crippen molar-refractivity contribution >= 4 is 12.2 Å². The Balaban J connectivity index is 0.00000240. The van der Waals surface area contributed by atoms with Crippen molar-refractivity contribution in [3.05, 3.63) is 129 Å². The number of hydrogen-bond donors (Lipinski definition) is 0. The minimum atomic E-state index is -3.22. The molecule has 0 amide bonds. The Morgan fingerprint density at radius 3 is 1.14 bits per heavy atom. The van der Waals surface area contributed by atoms with Crippen LogP contribution >= 0.6 is 0 Å². The SMILES string of the molecule is CC(C)(C)c1ccc(-c2cccc3c2C=C(C2CCCCC2)[CH]3[Hf+2]2([CH]3C(C4CCCCC4)=Cc4c(-c5ccc(C(C)(C)C)cc5)cccc43)[CH2]C[CH2]2)cc1.[Cl-].[Cl-]. The van der Waals surface area contributed by atoms with Gasteiger partial charge < -0.3 is 24.8 Å². The molecule has 1 heterocycles. The molecule has 0 N–H and O–H groups in total. The van der Waals surface area contributed by atoms with Gasteiger partial charge in [0.1, 0.15) is 0 Å². The largest absolute Gasteiger partial charge is 1.00 e. The van der Waals surface area contributed by atoms with Gasteiger partial charge in [-0.15, -0.1) is 0 Å². The Kier molecular flexibility index (Phi) is 12.3. The third-order valence-electron chi connectivity index (χ3n) is 14.9. The van der Waals surface area contributed by atoms with Crippen molar-refractivity contribution in [2.45, 2.75) is 139 Å². The fraction of sp³-hybridized carbons (Fsp3) is 0.472. The number of halogens is 2. The number of rotatable bonds is 6. The van der Waals surface area contributed by atoms with Crippen molar-refractivity contribution in [1.82, 2.24) is 0 Å². The fourth-order valence-electron chi connectivity index (χ4n) is 11.8. The summed E-state index contributed by atoms with van der Waals surface area (Å²) in [5.74, 6) is 1.53. The zero-order chi connectivity index (χ0) is 37.2. The monoisotopic (exact) mass is 950 g/mol. The summed E-state index contributed by atoms with van der Waals surface area (Å²) in [4.78, 5) is 0. The molecule has 4 aromatic carbocycles. The van der Waals surface area contributed by atoms with Crippen LogP contribution in [0.2, 0.25) is 8.35 Å². The Morgan fingerprint density at radius 1 is 0.446 bits per heavy atom. The first kappa shape index (κ1) is 42.0. The Bertz CT molecular complexity index is 1920. The van der Waals surface area contributed by atoms with Gasteiger partial charge in [-0.25, -0.2) is 0 Å². The zero-order valence-corrected chi connectivity index (χ0v) is 40.1. The molecular weight excluding hydrogens is 886 g/mol. The number of benzene rings is 4. The maximum atomic E-state index is 2.82. The molecule has 294 valence electrons. The molecule has 0 bridgehead atoms. The van der Waals surface area contributed by atoms with Gasteiger partial charge in [-0.1, -0.05) is 0 Å². The molecular formula is C53H64Cl2Hf. The normalized spacial score (nSPS) is 21.6. The van der Waals surface area contributed by atoms with Gasteiger partial charge in [-0.05, 0) is 0 Å². The average Bonchev–Trinajstić information content (AvgIpc) is 3.75. The smallest absolute Gasteiger partial charge is 1.00 e. The maximum absolute atomic E-state index is 3.22. The molecule has 1 aliphatic heterocycles. The van der Waals surface area contributed by atoms with Crippen LogP contribution in [0.25, 0.3) is 34.4 Å². The van der Waals surface area contributed by atoms with Crippen molar-refractivity contribution in [2.24, 2.45) is 11.8 Å². The van der Waals surface area contributed by atoms with Gasteiger partial charge in [-0.3, -0.25) is 0 Å². The third-order valence-corrected chi connectivity index (χ3v) is 37.0. The quantitative estimate of drug-likeness (QED) is 0.169. The molecule has 0 spiro atoms. The van der Waals surface area contributed by atoms with Crippen LogP contribution in [-0.4, -0.2) is 0 Å². The first-order chi connectivity index (χ1) is 26.0. The zero-order valence-electron chi connectivity index (χ0n) is 35.0. The molecule has 2 atom stereocenters. The molecule has 56 heavy (non-hydrogen) atoms. The molecule has 0 nitrogen and oxygen atoms in total. The van der Waals surface area contributed by atoms with Crippen LogP contribution in [0.15, 0.2) is 96.1 Å². The summed E-state index contributed by atoms with van der Waals surface area (Å²) < 4.78 is 4.56. The molecule has 2 saturated carbocycles. The van der Waals surface area contributed by atoms with Crippen LogP contribution in [0.4, 0.5) is 0 Å². The number of allylic oxidation sites excluding steroid dienone is 2. The van der Waals surface area contributed by atoms with E-state index in [2.05, 4.69) is 139 Å². The topological polar surface area (TPSA) is 0 Å². The van der Waals surface area contributed by atoms with Gasteiger partial charge in [0.25, 0.3) is 0 Å². The third kappa shape index (κ3) is 7.47. The Morgan fingerprint density at radius 2 is 0.821 bits per heavy atom. The average molecular weight is 950 g/mol. The molecule has 4 aliphatic carbocycles. The van der Waals surface area contributed by atoms with Crippen molar-refractivity contribution in [2.75, 3.05) is 0 Å². The minimum absolute atomic E-state index is 0. The van der Waals surface area contributed by atoms with Crippen molar-refractivity contribution in [3.63, 3.8) is 0 Å². The number of hydrogen-bond acceptors (Lipinski definition) is 0. The van der Waals surface area contributed by atoms with Crippen molar-refractivity contribution < 1.29 is 44.8 Å². The van der Waals surface area contributed by atoms with E-state index < -0.39 is 20.0 Å². The summed E-state index contributed by atoms with van der Waals surface area (Å²) in [6.07, 6.45) is 21.2. The molecule has 0 aromatic heterocycles. The van der Waals surface area contributed by atoms with Crippen LogP contribution in [0, 0.1) is 11.8 Å². The molecule has 3 heteroatoms. The van der Waals surface area contributed by atoms with Crippen LogP contribution in [0.1, 0.15) is 153 Å². The minimum Gasteiger partial charge on any atom is -1.00 e. The standard InChI is InChI=1S/2C25H29.C3H6.2ClH.Hf/c2*1-25(2,3)22-14-12-19(13-15-22)23-11-7-10-20-16-21(17-24(20)23)18-8-5-4-6-9-18;1-3-2;;;/h2*7,10-18H,4-6,8-9H2,1-3H3;1-3H2;2*1H;/q;;;;;+2/p-2. The van der Waals surface area contributed by atoms with Crippen LogP contribution in [-0.2, 0) is 30.8 Å². The van der Waals surface area contributed by atoms with Crippen LogP contribution in [0.3, 0.4) is 0 Å². The Labute approximate surface area is 356 Å². The second-order valence-electron chi connectivity index (χ2n) is 20.2. The first-order valence-electron chi connectivity index (χ1n) is 21.9. The second-order valence-corrected chi connectivity index (χ2v) is 36.8. The van der Waals surface area contributed by atoms with E-state index in [4.69, 9.17) is 0 Å². The molecule has 4 aromatic rings. The first-order valence-corrected chi connectivity index (χ1v) is 31.2. The maximum Gasteiger partial charge on any atom is -1.00 e. The summed E-state index contributed by atoms with van der Waals surface area (Å²) in [7, 11) is 0. The summed E-state index contributed by atoms with van der Waals surface area (Å²) in [6, 6.07) is 34.3. The van der Waals surface area contributed by atoms with E-state index in [9.17, 15) is 0 Å². The molecule has 5 aliphatic rings. The van der Waals surface area contributed by atoms with E-state index in [1.807, 2.05) is 11.1 Å². The summed E-state index contributed by atoms with van der Waals surface area (Å²) in [6.45, 7) is 14.0. The molecule has 9 rings (SSSR count). The van der Waals surface area contributed by atoms with Gasteiger partial charge >= 0.3 is 334 Å². The van der Waals surface area contributed by atoms with E-state index in [0.717, 1.165) is 19.2 Å². The van der Waals surface area contributed by atoms with Crippen LogP contribution in [0.5, 0.6) is 0 Å². The molecule has 1 saturated heterocycles. The summed E-state index contributed by atoms with van der Waals surface area (Å²) in [5.41, 5.74) is 19.4.